The van der Waals surface area contributed by atoms with Crippen LogP contribution in [0.15, 0.2) is 30.6 Å². The van der Waals surface area contributed by atoms with Gasteiger partial charge in [0.15, 0.2) is 5.82 Å². The van der Waals surface area contributed by atoms with Gasteiger partial charge in [-0.1, -0.05) is 0 Å². The van der Waals surface area contributed by atoms with E-state index >= 15 is 0 Å². The number of imidazole rings is 1. The van der Waals surface area contributed by atoms with E-state index < -0.39 is 0 Å². The van der Waals surface area contributed by atoms with Crippen molar-refractivity contribution in [3.05, 3.63) is 65.0 Å². The molecule has 0 saturated heterocycles. The Labute approximate surface area is 157 Å². The SMILES string of the molecule is Cc1ccn2cc(C3C[C@H]3c3cc(-n4nc(C)nc4C)nc(C)n3)nc2c1. The number of aromatic nitrogens is 7. The van der Waals surface area contributed by atoms with Crippen molar-refractivity contribution >= 4 is 5.65 Å². The Balaban J connectivity index is 1.48. The Morgan fingerprint density at radius 1 is 0.889 bits per heavy atom. The van der Waals surface area contributed by atoms with Gasteiger partial charge in [0.1, 0.15) is 23.1 Å². The first-order valence-electron chi connectivity index (χ1n) is 9.19. The normalized spacial score (nSPS) is 19.0. The van der Waals surface area contributed by atoms with Gasteiger partial charge in [0.2, 0.25) is 0 Å². The maximum atomic E-state index is 4.82. The molecule has 2 atom stereocenters. The van der Waals surface area contributed by atoms with Crippen LogP contribution in [0.2, 0.25) is 0 Å². The number of rotatable bonds is 3. The molecular formula is C20H21N7. The average Bonchev–Trinajstić information content (AvgIpc) is 3.20. The van der Waals surface area contributed by atoms with Crippen LogP contribution in [0.25, 0.3) is 11.5 Å². The van der Waals surface area contributed by atoms with Gasteiger partial charge < -0.3 is 4.40 Å². The summed E-state index contributed by atoms with van der Waals surface area (Å²) in [7, 11) is 0. The molecule has 7 heteroatoms. The standard InChI is InChI=1S/C20H21N7/c1-11-5-6-26-10-18(24-19(26)7-11)16-8-15(16)17-9-20(23-12(2)22-17)27-14(4)21-13(3)25-27/h5-7,9-10,15-16H,8H2,1-4H3/t15-,16?/m1/s1. The van der Waals surface area contributed by atoms with Gasteiger partial charge in [-0.25, -0.2) is 19.9 Å². The Kier molecular flexibility index (Phi) is 3.40. The van der Waals surface area contributed by atoms with E-state index in [2.05, 4.69) is 50.9 Å². The molecule has 0 spiro atoms. The first kappa shape index (κ1) is 16.1. The number of nitrogens with zero attached hydrogens (tertiary/aromatic N) is 7. The summed E-state index contributed by atoms with van der Waals surface area (Å²) in [4.78, 5) is 18.5. The molecule has 0 N–H and O–H groups in total. The second-order valence-electron chi connectivity index (χ2n) is 7.40. The molecule has 4 heterocycles. The lowest BCUT2D eigenvalue weighted by Gasteiger charge is -2.06. The molecule has 7 nitrogen and oxygen atoms in total. The molecule has 1 aliphatic carbocycles. The highest BCUT2D eigenvalue weighted by Gasteiger charge is 2.42. The highest BCUT2D eigenvalue weighted by atomic mass is 15.4. The molecule has 0 bridgehead atoms. The Morgan fingerprint density at radius 2 is 1.70 bits per heavy atom. The number of aryl methyl sites for hydroxylation is 4. The molecule has 0 radical (unpaired) electrons. The number of pyridine rings is 1. The van der Waals surface area contributed by atoms with Gasteiger partial charge in [0.05, 0.1) is 11.4 Å². The van der Waals surface area contributed by atoms with Crippen molar-refractivity contribution in [2.45, 2.75) is 46.0 Å². The lowest BCUT2D eigenvalue weighted by atomic mass is 10.2. The smallest absolute Gasteiger partial charge is 0.159 e. The summed E-state index contributed by atoms with van der Waals surface area (Å²) in [6.07, 6.45) is 5.27. The topological polar surface area (TPSA) is 73.8 Å². The zero-order chi connectivity index (χ0) is 18.7. The highest BCUT2D eigenvalue weighted by Crippen LogP contribution is 2.53. The zero-order valence-corrected chi connectivity index (χ0v) is 15.9. The third kappa shape index (κ3) is 2.79. The van der Waals surface area contributed by atoms with Gasteiger partial charge in [-0.3, -0.25) is 0 Å². The van der Waals surface area contributed by atoms with Crippen LogP contribution in [-0.2, 0) is 0 Å². The van der Waals surface area contributed by atoms with Gasteiger partial charge in [-0.2, -0.15) is 4.68 Å². The summed E-state index contributed by atoms with van der Waals surface area (Å²) < 4.78 is 3.88. The van der Waals surface area contributed by atoms with Gasteiger partial charge in [0.25, 0.3) is 0 Å². The quantitative estimate of drug-likeness (QED) is 0.561. The van der Waals surface area contributed by atoms with E-state index in [-0.39, 0.29) is 0 Å². The van der Waals surface area contributed by atoms with Crippen LogP contribution in [0.3, 0.4) is 0 Å². The van der Waals surface area contributed by atoms with E-state index in [1.807, 2.05) is 26.8 Å². The fraction of sp³-hybridized carbons (Fsp3) is 0.350. The Morgan fingerprint density at radius 3 is 2.48 bits per heavy atom. The highest BCUT2D eigenvalue weighted by molar-refractivity contribution is 5.45. The summed E-state index contributed by atoms with van der Waals surface area (Å²) in [5.74, 6) is 3.90. The van der Waals surface area contributed by atoms with E-state index in [0.29, 0.717) is 11.8 Å². The van der Waals surface area contributed by atoms with Crippen molar-refractivity contribution in [2.75, 3.05) is 0 Å². The van der Waals surface area contributed by atoms with Crippen LogP contribution in [0, 0.1) is 27.7 Å². The first-order valence-corrected chi connectivity index (χ1v) is 9.19. The Hall–Kier alpha value is -3.09. The molecule has 1 saturated carbocycles. The van der Waals surface area contributed by atoms with Crippen molar-refractivity contribution in [3.8, 4) is 5.82 Å². The van der Waals surface area contributed by atoms with Gasteiger partial charge >= 0.3 is 0 Å². The molecule has 136 valence electrons. The fourth-order valence-corrected chi connectivity index (χ4v) is 3.74. The third-order valence-electron chi connectivity index (χ3n) is 5.12. The number of hydrogen-bond acceptors (Lipinski definition) is 5. The van der Waals surface area contributed by atoms with E-state index in [9.17, 15) is 0 Å². The monoisotopic (exact) mass is 359 g/mol. The van der Waals surface area contributed by atoms with Crippen LogP contribution < -0.4 is 0 Å². The minimum absolute atomic E-state index is 0.376. The van der Waals surface area contributed by atoms with Crippen molar-refractivity contribution in [2.24, 2.45) is 0 Å². The van der Waals surface area contributed by atoms with Crippen LogP contribution in [0.1, 0.15) is 52.7 Å². The first-order chi connectivity index (χ1) is 13.0. The lowest BCUT2D eigenvalue weighted by molar-refractivity contribution is 0.778. The minimum Gasteiger partial charge on any atom is -0.307 e. The zero-order valence-electron chi connectivity index (χ0n) is 15.9. The Bertz CT molecular complexity index is 1170. The van der Waals surface area contributed by atoms with E-state index in [0.717, 1.165) is 46.7 Å². The van der Waals surface area contributed by atoms with Crippen LogP contribution >= 0.6 is 0 Å². The summed E-state index contributed by atoms with van der Waals surface area (Å²) in [6, 6.07) is 6.26. The third-order valence-corrected chi connectivity index (χ3v) is 5.12. The molecule has 27 heavy (non-hydrogen) atoms. The molecule has 1 unspecified atom stereocenters. The molecule has 5 rings (SSSR count). The molecule has 0 aliphatic heterocycles. The molecule has 1 aliphatic rings. The molecule has 0 aromatic carbocycles. The predicted octanol–water partition coefficient (Wildman–Crippen LogP) is 3.21. The largest absolute Gasteiger partial charge is 0.307 e. The van der Waals surface area contributed by atoms with Crippen LogP contribution in [0.5, 0.6) is 0 Å². The maximum absolute atomic E-state index is 4.82. The van der Waals surface area contributed by atoms with Crippen molar-refractivity contribution in [3.63, 3.8) is 0 Å². The summed E-state index contributed by atoms with van der Waals surface area (Å²) in [5.41, 5.74) is 4.42. The van der Waals surface area contributed by atoms with Crippen molar-refractivity contribution < 1.29 is 0 Å². The van der Waals surface area contributed by atoms with Crippen LogP contribution in [-0.4, -0.2) is 34.1 Å². The summed E-state index contributed by atoms with van der Waals surface area (Å²) in [5, 5.41) is 4.46. The lowest BCUT2D eigenvalue weighted by Crippen LogP contribution is -2.06. The van der Waals surface area contributed by atoms with E-state index in [1.54, 1.807) is 4.68 Å². The fourth-order valence-electron chi connectivity index (χ4n) is 3.74. The molecule has 0 amide bonds. The summed E-state index contributed by atoms with van der Waals surface area (Å²) >= 11 is 0. The second kappa shape index (κ2) is 5.70. The molecule has 4 aromatic heterocycles. The van der Waals surface area contributed by atoms with E-state index in [1.165, 1.54) is 5.56 Å². The van der Waals surface area contributed by atoms with Crippen molar-refractivity contribution in [1.82, 2.24) is 34.1 Å². The van der Waals surface area contributed by atoms with Gasteiger partial charge in [0, 0.05) is 30.3 Å². The minimum atomic E-state index is 0.376. The predicted molar refractivity (Wildman–Crippen MR) is 101 cm³/mol. The molecule has 4 aromatic rings. The van der Waals surface area contributed by atoms with Crippen LogP contribution in [0.4, 0.5) is 0 Å². The average molecular weight is 359 g/mol. The second-order valence-corrected chi connectivity index (χ2v) is 7.40. The van der Waals surface area contributed by atoms with Gasteiger partial charge in [-0.05, 0) is 51.8 Å². The van der Waals surface area contributed by atoms with E-state index in [4.69, 9.17) is 9.97 Å². The molecule has 1 fully saturated rings. The maximum Gasteiger partial charge on any atom is 0.159 e. The van der Waals surface area contributed by atoms with Gasteiger partial charge in [-0.15, -0.1) is 5.10 Å². The number of fused-ring (bicyclic) bond motifs is 1. The van der Waals surface area contributed by atoms with Crippen molar-refractivity contribution in [1.29, 1.82) is 0 Å². The molecular weight excluding hydrogens is 338 g/mol. The number of hydrogen-bond donors (Lipinski definition) is 0. The summed E-state index contributed by atoms with van der Waals surface area (Å²) in [6.45, 7) is 7.85.